The Kier molecular flexibility index (Phi) is 6.70. The zero-order chi connectivity index (χ0) is 25.5. The van der Waals surface area contributed by atoms with E-state index in [1.807, 2.05) is 0 Å². The third-order valence-corrected chi connectivity index (χ3v) is 5.19. The first-order valence-corrected chi connectivity index (χ1v) is 10.2. The van der Waals surface area contributed by atoms with Crippen LogP contribution >= 0.6 is 0 Å². The average molecular weight is 478 g/mol. The van der Waals surface area contributed by atoms with Gasteiger partial charge in [-0.2, -0.15) is 4.98 Å². The second-order valence-electron chi connectivity index (χ2n) is 8.01. The molecule has 2 N–H and O–H groups in total. The van der Waals surface area contributed by atoms with Crippen LogP contribution in [-0.4, -0.2) is 56.8 Å². The Morgan fingerprint density at radius 2 is 1.50 bits per heavy atom. The average Bonchev–Trinajstić information content (AvgIpc) is 3.15. The van der Waals surface area contributed by atoms with Crippen molar-refractivity contribution in [3.8, 4) is 5.88 Å². The Hall–Kier alpha value is -3.85. The van der Waals surface area contributed by atoms with Gasteiger partial charge in [-0.25, -0.2) is 9.59 Å². The minimum atomic E-state index is -1.07. The Morgan fingerprint density at radius 1 is 0.912 bits per heavy atom. The number of rotatable bonds is 7. The molecular weight excluding hydrogens is 452 g/mol. The van der Waals surface area contributed by atoms with Crippen LogP contribution in [-0.2, 0) is 39.5 Å². The molecule has 1 atom stereocenters. The number of fused-ring (bicyclic) bond motifs is 1. The van der Waals surface area contributed by atoms with Gasteiger partial charge >= 0.3 is 11.4 Å². The van der Waals surface area contributed by atoms with Crippen LogP contribution in [0.5, 0.6) is 5.88 Å². The van der Waals surface area contributed by atoms with Crippen LogP contribution in [0.3, 0.4) is 0 Å². The molecule has 0 spiro atoms. The fraction of sp³-hybridized carbons (Fsp3) is 0.526. The van der Waals surface area contributed by atoms with E-state index in [0.717, 1.165) is 18.3 Å². The minimum absolute atomic E-state index is 0.0170. The molecule has 3 rings (SSSR count). The summed E-state index contributed by atoms with van der Waals surface area (Å²) in [6.45, 7) is 3.35. The molecule has 0 aliphatic heterocycles. The molecule has 0 bridgehead atoms. The van der Waals surface area contributed by atoms with Crippen LogP contribution in [0.1, 0.15) is 13.8 Å². The van der Waals surface area contributed by atoms with Crippen LogP contribution in [0.4, 0.5) is 11.6 Å². The highest BCUT2D eigenvalue weighted by Gasteiger charge is 2.22. The largest absolute Gasteiger partial charge is 0.493 e. The molecule has 0 saturated heterocycles. The van der Waals surface area contributed by atoms with E-state index in [4.69, 9.17) is 4.74 Å². The highest BCUT2D eigenvalue weighted by atomic mass is 16.5. The van der Waals surface area contributed by atoms with E-state index in [-0.39, 0.29) is 36.4 Å². The zero-order valence-electron chi connectivity index (χ0n) is 19.6. The second kappa shape index (κ2) is 9.18. The van der Waals surface area contributed by atoms with Crippen LogP contribution in [0.2, 0.25) is 0 Å². The molecule has 34 heavy (non-hydrogen) atoms. The highest BCUT2D eigenvalue weighted by molar-refractivity contribution is 5.73. The van der Waals surface area contributed by atoms with Crippen molar-refractivity contribution in [3.63, 3.8) is 0 Å². The number of aromatic nitrogens is 6. The Balaban J connectivity index is 2.24. The molecule has 15 nitrogen and oxygen atoms in total. The molecule has 1 unspecified atom stereocenters. The first-order valence-electron chi connectivity index (χ1n) is 10.2. The number of imidazole rings is 1. The summed E-state index contributed by atoms with van der Waals surface area (Å²) in [4.78, 5) is 53.8. The number of azo groups is 1. The van der Waals surface area contributed by atoms with Crippen molar-refractivity contribution in [2.24, 2.45) is 38.4 Å². The van der Waals surface area contributed by atoms with Gasteiger partial charge in [0.05, 0.1) is 25.4 Å². The fourth-order valence-corrected chi connectivity index (χ4v) is 3.25. The lowest BCUT2D eigenvalue weighted by Gasteiger charge is -2.15. The molecule has 0 aliphatic rings. The molecule has 0 saturated carbocycles. The van der Waals surface area contributed by atoms with E-state index in [0.29, 0.717) is 0 Å². The van der Waals surface area contributed by atoms with Crippen molar-refractivity contribution in [1.82, 2.24) is 27.8 Å². The van der Waals surface area contributed by atoms with Gasteiger partial charge in [0.25, 0.3) is 17.1 Å². The van der Waals surface area contributed by atoms with E-state index in [9.17, 15) is 29.4 Å². The smallest absolute Gasteiger partial charge is 0.333 e. The van der Waals surface area contributed by atoms with Gasteiger partial charge in [0.15, 0.2) is 11.2 Å². The van der Waals surface area contributed by atoms with Crippen LogP contribution in [0.15, 0.2) is 29.4 Å². The lowest BCUT2D eigenvalue weighted by molar-refractivity contribution is -0.000147. The normalized spacial score (nSPS) is 12.9. The van der Waals surface area contributed by atoms with Crippen molar-refractivity contribution in [2.75, 3.05) is 6.61 Å². The summed E-state index contributed by atoms with van der Waals surface area (Å²) in [6.07, 6.45) is -1.22. The number of aryl methyl sites for hydroxylation is 1. The molecule has 3 aromatic rings. The van der Waals surface area contributed by atoms with Gasteiger partial charge in [-0.3, -0.25) is 32.4 Å². The lowest BCUT2D eigenvalue weighted by atomic mass is 10.3. The lowest BCUT2D eigenvalue weighted by Crippen LogP contribution is -2.38. The minimum Gasteiger partial charge on any atom is -0.493 e. The first-order chi connectivity index (χ1) is 15.9. The fourth-order valence-electron chi connectivity index (χ4n) is 3.25. The van der Waals surface area contributed by atoms with Gasteiger partial charge in [-0.1, -0.05) is 0 Å². The standard InChI is InChI=1S/C19H26N8O7/c1-9(2)34-8-10(28)7-27-12-13(23(3)18(32)26(6)16(12)31)20-17(27)22-21-11-14(29)24(4)19(33)25(5)15(11)30/h9-10,28-29H,7-8H2,1-6H3. The number of aliphatic hydroxyl groups excluding tert-OH is 1. The Morgan fingerprint density at radius 3 is 2.12 bits per heavy atom. The molecule has 0 aliphatic carbocycles. The van der Waals surface area contributed by atoms with E-state index >= 15 is 0 Å². The van der Waals surface area contributed by atoms with E-state index in [1.54, 1.807) is 13.8 Å². The van der Waals surface area contributed by atoms with E-state index < -0.39 is 40.2 Å². The number of aliphatic hydroxyl groups is 1. The number of hydrogen-bond acceptors (Lipinski definition) is 10. The highest BCUT2D eigenvalue weighted by Crippen LogP contribution is 2.24. The topological polar surface area (TPSA) is 180 Å². The van der Waals surface area contributed by atoms with Gasteiger partial charge in [0.2, 0.25) is 11.6 Å². The molecule has 0 radical (unpaired) electrons. The van der Waals surface area contributed by atoms with Gasteiger partial charge in [-0.05, 0) is 13.8 Å². The predicted octanol–water partition coefficient (Wildman–Crippen LogP) is -1.26. The van der Waals surface area contributed by atoms with E-state index in [1.165, 1.54) is 32.8 Å². The third kappa shape index (κ3) is 4.22. The first kappa shape index (κ1) is 24.8. The van der Waals surface area contributed by atoms with Gasteiger partial charge < -0.3 is 14.9 Å². The predicted molar refractivity (Wildman–Crippen MR) is 120 cm³/mol. The van der Waals surface area contributed by atoms with Crippen molar-refractivity contribution < 1.29 is 14.9 Å². The van der Waals surface area contributed by atoms with Gasteiger partial charge in [-0.15, -0.1) is 10.2 Å². The summed E-state index contributed by atoms with van der Waals surface area (Å²) in [5, 5.41) is 28.4. The second-order valence-corrected chi connectivity index (χ2v) is 8.01. The van der Waals surface area contributed by atoms with E-state index in [2.05, 4.69) is 15.2 Å². The number of ether oxygens (including phenoxy) is 1. The maximum absolute atomic E-state index is 12.9. The summed E-state index contributed by atoms with van der Waals surface area (Å²) < 4.78 is 10.2. The quantitative estimate of drug-likeness (QED) is 0.395. The molecule has 3 aromatic heterocycles. The maximum Gasteiger partial charge on any atom is 0.333 e. The van der Waals surface area contributed by atoms with Crippen LogP contribution in [0.25, 0.3) is 11.2 Å². The number of aromatic hydroxyl groups is 1. The van der Waals surface area contributed by atoms with Crippen molar-refractivity contribution in [2.45, 2.75) is 32.6 Å². The molecule has 0 aromatic carbocycles. The summed E-state index contributed by atoms with van der Waals surface area (Å²) in [6, 6.07) is 0. The molecule has 0 fully saturated rings. The molecule has 3 heterocycles. The van der Waals surface area contributed by atoms with Crippen molar-refractivity contribution in [1.29, 1.82) is 0 Å². The summed E-state index contributed by atoms with van der Waals surface area (Å²) >= 11 is 0. The SMILES string of the molecule is CC(C)OCC(O)Cn1c(N=Nc2c(O)n(C)c(=O)n(C)c2=O)nc2c1c(=O)n(C)c(=O)n2C. The number of nitrogens with zero attached hydrogens (tertiary/aromatic N) is 8. The zero-order valence-corrected chi connectivity index (χ0v) is 19.6. The molecule has 184 valence electrons. The van der Waals surface area contributed by atoms with Crippen molar-refractivity contribution in [3.05, 3.63) is 41.7 Å². The molecule has 15 heteroatoms. The molecular formula is C19H26N8O7. The summed E-state index contributed by atoms with van der Waals surface area (Å²) in [5.74, 6) is -0.930. The number of hydrogen-bond donors (Lipinski definition) is 2. The summed E-state index contributed by atoms with van der Waals surface area (Å²) in [7, 11) is 5.17. The van der Waals surface area contributed by atoms with Crippen LogP contribution < -0.4 is 22.5 Å². The van der Waals surface area contributed by atoms with Gasteiger partial charge in [0.1, 0.15) is 0 Å². The Bertz CT molecular complexity index is 1520. The Labute approximate surface area is 191 Å². The monoisotopic (exact) mass is 478 g/mol. The maximum atomic E-state index is 12.9. The van der Waals surface area contributed by atoms with Crippen LogP contribution in [0, 0.1) is 0 Å². The third-order valence-electron chi connectivity index (χ3n) is 5.19. The molecule has 0 amide bonds. The summed E-state index contributed by atoms with van der Waals surface area (Å²) in [5.41, 5.74) is -3.55. The van der Waals surface area contributed by atoms with Gasteiger partial charge in [0, 0.05) is 28.2 Å². The van der Waals surface area contributed by atoms with Crippen molar-refractivity contribution >= 4 is 22.8 Å².